The van der Waals surface area contributed by atoms with Gasteiger partial charge in [-0.2, -0.15) is 20.0 Å². The second-order valence-corrected chi connectivity index (χ2v) is 4.04. The highest BCUT2D eigenvalue weighted by Gasteiger charge is 2.26. The van der Waals surface area contributed by atoms with E-state index in [1.807, 2.05) is 0 Å². The lowest BCUT2D eigenvalue weighted by Crippen LogP contribution is -1.99. The average Bonchev–Trinajstić information content (AvgIpc) is 2.96. The van der Waals surface area contributed by atoms with Gasteiger partial charge in [0.1, 0.15) is 12.8 Å². The predicted octanol–water partition coefficient (Wildman–Crippen LogP) is 1.22. The standard InChI is InChI=1S/C12H12N4O4/c1-7-5-13-11(15-7)19-9(17)3-4-10(18)20-12-14-6-8(2)16-12/h5-6H,3-4H2,1-2H3/q+2. The van der Waals surface area contributed by atoms with Crippen molar-refractivity contribution in [3.05, 3.63) is 0 Å². The molecule has 0 atom stereocenters. The van der Waals surface area contributed by atoms with Gasteiger partial charge in [0.05, 0.1) is 23.9 Å². The van der Waals surface area contributed by atoms with Gasteiger partial charge in [-0.05, 0) is 13.8 Å². The minimum absolute atomic E-state index is 0.0177. The minimum atomic E-state index is -0.604. The van der Waals surface area contributed by atoms with Gasteiger partial charge < -0.3 is 0 Å². The SMILES string of the molecule is CC1=NC(=[O+]C(=O)CCC(=O)[O+]=C2N=CC(C)=N2)N=C1. The molecule has 20 heavy (non-hydrogen) atoms. The van der Waals surface area contributed by atoms with Gasteiger partial charge in [-0.25, -0.2) is 8.85 Å². The molecule has 0 aromatic carbocycles. The van der Waals surface area contributed by atoms with Gasteiger partial charge in [-0.1, -0.05) is 0 Å². The van der Waals surface area contributed by atoms with Crippen LogP contribution in [0.25, 0.3) is 0 Å². The van der Waals surface area contributed by atoms with Crippen LogP contribution in [0.3, 0.4) is 0 Å². The molecule has 4 amide bonds. The number of urea groups is 2. The molecule has 0 aliphatic carbocycles. The third-order valence-electron chi connectivity index (χ3n) is 2.21. The molecule has 2 heterocycles. The summed E-state index contributed by atoms with van der Waals surface area (Å²) in [4.78, 5) is 38.1. The zero-order valence-corrected chi connectivity index (χ0v) is 11.0. The number of nitrogens with zero attached hydrogens (tertiary/aromatic N) is 4. The van der Waals surface area contributed by atoms with Crippen molar-refractivity contribution >= 4 is 47.9 Å². The Kier molecular flexibility index (Phi) is 4.14. The van der Waals surface area contributed by atoms with Crippen LogP contribution in [0.1, 0.15) is 26.7 Å². The first-order chi connectivity index (χ1) is 9.52. The lowest BCUT2D eigenvalue weighted by Gasteiger charge is -1.80. The molecule has 0 bridgehead atoms. The summed E-state index contributed by atoms with van der Waals surface area (Å²) in [6.07, 6.45) is 2.69. The molecule has 0 spiro atoms. The van der Waals surface area contributed by atoms with Gasteiger partial charge in [0.25, 0.3) is 0 Å². The summed E-state index contributed by atoms with van der Waals surface area (Å²) in [5, 5.41) is 0. The topological polar surface area (TPSA) is 106 Å². The van der Waals surface area contributed by atoms with E-state index in [1.165, 1.54) is 12.4 Å². The number of carbonyl (C=O) groups is 2. The Morgan fingerprint density at radius 2 is 1.30 bits per heavy atom. The van der Waals surface area contributed by atoms with Crippen LogP contribution in [0.2, 0.25) is 0 Å². The molecule has 102 valence electrons. The zero-order chi connectivity index (χ0) is 14.5. The predicted molar refractivity (Wildman–Crippen MR) is 73.2 cm³/mol. The summed E-state index contributed by atoms with van der Waals surface area (Å²) < 4.78 is 9.68. The van der Waals surface area contributed by atoms with E-state index in [0.29, 0.717) is 11.4 Å². The van der Waals surface area contributed by atoms with E-state index in [9.17, 15) is 9.59 Å². The number of carbonyl (C=O) groups excluding carboxylic acids is 4. The fraction of sp³-hybridized carbons (Fsp3) is 0.333. The lowest BCUT2D eigenvalue weighted by molar-refractivity contribution is -0.199. The van der Waals surface area contributed by atoms with Crippen molar-refractivity contribution in [3.8, 4) is 0 Å². The van der Waals surface area contributed by atoms with Crippen molar-refractivity contribution in [3.63, 3.8) is 0 Å². The molecule has 0 saturated heterocycles. The van der Waals surface area contributed by atoms with Gasteiger partial charge in [-0.15, -0.1) is 0 Å². The van der Waals surface area contributed by atoms with Gasteiger partial charge in [0.2, 0.25) is 0 Å². The van der Waals surface area contributed by atoms with Crippen LogP contribution in [0.4, 0.5) is 8.85 Å². The van der Waals surface area contributed by atoms with Crippen LogP contribution in [-0.4, -0.2) is 47.9 Å². The normalized spacial score (nSPS) is 20.7. The first-order valence-electron chi connectivity index (χ1n) is 5.87. The lowest BCUT2D eigenvalue weighted by atomic mass is 10.3. The Morgan fingerprint density at radius 3 is 1.60 bits per heavy atom. The smallest absolute Gasteiger partial charge is 0.232 e. The van der Waals surface area contributed by atoms with Gasteiger partial charge in [0.15, 0.2) is 0 Å². The minimum Gasteiger partial charge on any atom is -0.232 e. The van der Waals surface area contributed by atoms with Crippen molar-refractivity contribution in [2.75, 3.05) is 0 Å². The first-order valence-corrected chi connectivity index (χ1v) is 5.87. The van der Waals surface area contributed by atoms with Crippen LogP contribution in [-0.2, 0) is 9.59 Å². The highest BCUT2D eigenvalue weighted by atomic mass is 16.5. The van der Waals surface area contributed by atoms with E-state index < -0.39 is 11.9 Å². The van der Waals surface area contributed by atoms with Crippen LogP contribution >= 0.6 is 0 Å². The molecule has 2 aliphatic rings. The molecule has 2 aliphatic heterocycles. The highest BCUT2D eigenvalue weighted by Crippen LogP contribution is 2.06. The maximum Gasteiger partial charge on any atom is 0.583 e. The average molecular weight is 276 g/mol. The van der Waals surface area contributed by atoms with Crippen LogP contribution in [0, 0.1) is 0 Å². The summed E-state index contributed by atoms with van der Waals surface area (Å²) in [5.41, 5.74) is 1.30. The Hall–Kier alpha value is -2.64. The molecule has 2 rings (SSSR count). The summed E-state index contributed by atoms with van der Waals surface area (Å²) in [6, 6.07) is -0.0354. The molecular weight excluding hydrogens is 264 g/mol. The number of aliphatic imine (C=N–C) groups is 4. The van der Waals surface area contributed by atoms with Crippen LogP contribution < -0.4 is 0 Å². The second kappa shape index (κ2) is 6.00. The summed E-state index contributed by atoms with van der Waals surface area (Å²) in [5.74, 6) is -1.21. The maximum absolute atomic E-state index is 11.4. The summed E-state index contributed by atoms with van der Waals surface area (Å²) in [6.45, 7) is 3.45. The molecule has 8 heteroatoms. The first kappa shape index (κ1) is 13.8. The Morgan fingerprint density at radius 1 is 0.900 bits per heavy atom. The van der Waals surface area contributed by atoms with E-state index in [2.05, 4.69) is 20.0 Å². The van der Waals surface area contributed by atoms with Crippen molar-refractivity contribution < 1.29 is 18.4 Å². The van der Waals surface area contributed by atoms with E-state index >= 15 is 0 Å². The molecule has 0 saturated carbocycles. The third-order valence-corrected chi connectivity index (χ3v) is 2.21. The molecule has 0 aromatic heterocycles. The fourth-order valence-corrected chi connectivity index (χ4v) is 1.32. The largest absolute Gasteiger partial charge is 0.583 e. The molecule has 8 nitrogen and oxygen atoms in total. The van der Waals surface area contributed by atoms with Gasteiger partial charge in [-0.3, -0.25) is 0 Å². The number of hydrogen-bond donors (Lipinski definition) is 0. The van der Waals surface area contributed by atoms with Crippen molar-refractivity contribution in [1.29, 1.82) is 0 Å². The van der Waals surface area contributed by atoms with Crippen molar-refractivity contribution in [2.45, 2.75) is 26.7 Å². The van der Waals surface area contributed by atoms with Crippen molar-refractivity contribution in [1.82, 2.24) is 0 Å². The number of hydrogen-bond acceptors (Lipinski definition) is 2. The highest BCUT2D eigenvalue weighted by molar-refractivity contribution is 6.37. The summed E-state index contributed by atoms with van der Waals surface area (Å²) in [7, 11) is 0. The quantitative estimate of drug-likeness (QED) is 0.723. The van der Waals surface area contributed by atoms with E-state index in [4.69, 9.17) is 8.85 Å². The summed E-state index contributed by atoms with van der Waals surface area (Å²) >= 11 is 0. The maximum atomic E-state index is 11.4. The molecule has 0 aromatic rings. The second-order valence-electron chi connectivity index (χ2n) is 4.04. The molecule has 0 N–H and O–H groups in total. The Bertz CT molecular complexity index is 582. The van der Waals surface area contributed by atoms with E-state index in [0.717, 1.165) is 0 Å². The Balaban J connectivity index is 1.84. The van der Waals surface area contributed by atoms with E-state index in [1.54, 1.807) is 13.8 Å². The molecule has 0 unspecified atom stereocenters. The molecular formula is C12H12N4O4+2. The monoisotopic (exact) mass is 276 g/mol. The van der Waals surface area contributed by atoms with Gasteiger partial charge >= 0.3 is 24.0 Å². The van der Waals surface area contributed by atoms with Gasteiger partial charge in [0, 0.05) is 9.59 Å². The van der Waals surface area contributed by atoms with Crippen LogP contribution in [0.5, 0.6) is 0 Å². The van der Waals surface area contributed by atoms with E-state index in [-0.39, 0.29) is 24.9 Å². The third kappa shape index (κ3) is 3.94. The van der Waals surface area contributed by atoms with Crippen LogP contribution in [0.15, 0.2) is 20.0 Å². The molecule has 0 fully saturated rings. The fourth-order valence-electron chi connectivity index (χ4n) is 1.32. The Labute approximate surface area is 114 Å². The van der Waals surface area contributed by atoms with Crippen molar-refractivity contribution in [2.24, 2.45) is 20.0 Å². The number of amides is 4. The zero-order valence-electron chi connectivity index (χ0n) is 11.0. The molecule has 0 radical (unpaired) electrons. The number of rotatable bonds is 3.